The lowest BCUT2D eigenvalue weighted by molar-refractivity contribution is -0.140. The molecule has 0 spiro atoms. The topological polar surface area (TPSA) is 39.7 Å². The Kier molecular flexibility index (Phi) is 5.77. The number of unbranched alkanes of at least 4 members (excludes halogenated alkanes) is 1. The summed E-state index contributed by atoms with van der Waals surface area (Å²) < 4.78 is 0. The second-order valence-corrected chi connectivity index (χ2v) is 6.31. The quantitative estimate of drug-likeness (QED) is 0.806. The van der Waals surface area contributed by atoms with Gasteiger partial charge in [-0.25, -0.2) is 4.98 Å². The molecule has 1 aliphatic heterocycles. The summed E-state index contributed by atoms with van der Waals surface area (Å²) in [6, 6.07) is 4.17. The standard InChI is InChI=1S/C17H28N4O/c1-5-6-7-15-17(22)20(4)10-11-21(15)13-14-8-9-16(18-12-14)19(2)3/h8-9,12,15H,5-7,10-11,13H2,1-4H3. The first kappa shape index (κ1) is 16.7. The van der Waals surface area contributed by atoms with E-state index in [-0.39, 0.29) is 11.9 Å². The number of likely N-dealkylation sites (N-methyl/N-ethyl adjacent to an activating group) is 1. The van der Waals surface area contributed by atoms with Gasteiger partial charge in [0.25, 0.3) is 0 Å². The SMILES string of the molecule is CCCCC1C(=O)N(C)CCN1Cc1ccc(N(C)C)nc1. The van der Waals surface area contributed by atoms with Gasteiger partial charge < -0.3 is 9.80 Å². The van der Waals surface area contributed by atoms with E-state index in [1.165, 1.54) is 5.56 Å². The van der Waals surface area contributed by atoms with Crippen molar-refractivity contribution in [3.05, 3.63) is 23.9 Å². The lowest BCUT2D eigenvalue weighted by Gasteiger charge is -2.39. The van der Waals surface area contributed by atoms with Gasteiger partial charge in [0, 0.05) is 47.0 Å². The molecule has 5 heteroatoms. The van der Waals surface area contributed by atoms with Crippen molar-refractivity contribution in [2.75, 3.05) is 39.1 Å². The van der Waals surface area contributed by atoms with Crippen molar-refractivity contribution in [3.63, 3.8) is 0 Å². The fraction of sp³-hybridized carbons (Fsp3) is 0.647. The van der Waals surface area contributed by atoms with E-state index in [4.69, 9.17) is 0 Å². The summed E-state index contributed by atoms with van der Waals surface area (Å²) in [5, 5.41) is 0. The predicted octanol–water partition coefficient (Wildman–Crippen LogP) is 1.98. The molecule has 1 aromatic rings. The van der Waals surface area contributed by atoms with Gasteiger partial charge in [-0.15, -0.1) is 0 Å². The molecule has 1 atom stereocenters. The summed E-state index contributed by atoms with van der Waals surface area (Å²) in [5.41, 5.74) is 1.17. The lowest BCUT2D eigenvalue weighted by atomic mass is 10.0. The highest BCUT2D eigenvalue weighted by atomic mass is 16.2. The van der Waals surface area contributed by atoms with Crippen LogP contribution in [0, 0.1) is 0 Å². The Morgan fingerprint density at radius 3 is 2.68 bits per heavy atom. The second kappa shape index (κ2) is 7.58. The Morgan fingerprint density at radius 1 is 1.32 bits per heavy atom. The number of pyridine rings is 1. The molecule has 22 heavy (non-hydrogen) atoms. The average molecular weight is 304 g/mol. The van der Waals surface area contributed by atoms with Crippen LogP contribution < -0.4 is 4.90 Å². The van der Waals surface area contributed by atoms with E-state index in [1.807, 2.05) is 43.2 Å². The third kappa shape index (κ3) is 3.97. The molecule has 1 saturated heterocycles. The van der Waals surface area contributed by atoms with Gasteiger partial charge in [0.05, 0.1) is 6.04 Å². The molecule has 2 rings (SSSR count). The van der Waals surface area contributed by atoms with Crippen LogP contribution in [-0.2, 0) is 11.3 Å². The molecular formula is C17H28N4O. The number of piperazine rings is 1. The molecule has 0 N–H and O–H groups in total. The van der Waals surface area contributed by atoms with E-state index in [9.17, 15) is 4.79 Å². The molecule has 0 bridgehead atoms. The zero-order chi connectivity index (χ0) is 16.1. The van der Waals surface area contributed by atoms with Crippen molar-refractivity contribution in [1.82, 2.24) is 14.8 Å². The van der Waals surface area contributed by atoms with Crippen LogP contribution in [0.3, 0.4) is 0 Å². The number of nitrogens with zero attached hydrogens (tertiary/aromatic N) is 4. The molecule has 122 valence electrons. The van der Waals surface area contributed by atoms with Gasteiger partial charge in [-0.05, 0) is 18.1 Å². The van der Waals surface area contributed by atoms with Gasteiger partial charge in [-0.2, -0.15) is 0 Å². The molecule has 0 aliphatic carbocycles. The van der Waals surface area contributed by atoms with Crippen molar-refractivity contribution >= 4 is 11.7 Å². The van der Waals surface area contributed by atoms with E-state index >= 15 is 0 Å². The first-order valence-corrected chi connectivity index (χ1v) is 8.14. The molecule has 1 unspecified atom stereocenters. The third-order valence-electron chi connectivity index (χ3n) is 4.31. The van der Waals surface area contributed by atoms with Crippen LogP contribution in [0.1, 0.15) is 31.7 Å². The van der Waals surface area contributed by atoms with Crippen molar-refractivity contribution in [1.29, 1.82) is 0 Å². The van der Waals surface area contributed by atoms with E-state index in [2.05, 4.69) is 22.9 Å². The fourth-order valence-electron chi connectivity index (χ4n) is 2.86. The highest BCUT2D eigenvalue weighted by Crippen LogP contribution is 2.19. The molecule has 2 heterocycles. The Bertz CT molecular complexity index is 486. The number of amides is 1. The number of aromatic nitrogens is 1. The molecular weight excluding hydrogens is 276 g/mol. The summed E-state index contributed by atoms with van der Waals surface area (Å²) in [4.78, 5) is 23.1. The largest absolute Gasteiger partial charge is 0.363 e. The van der Waals surface area contributed by atoms with Crippen LogP contribution in [0.25, 0.3) is 0 Å². The van der Waals surface area contributed by atoms with Gasteiger partial charge in [-0.3, -0.25) is 9.69 Å². The molecule has 1 fully saturated rings. The Balaban J connectivity index is 2.06. The maximum Gasteiger partial charge on any atom is 0.239 e. The minimum atomic E-state index is 0.0206. The van der Waals surface area contributed by atoms with Crippen LogP contribution in [0.15, 0.2) is 18.3 Å². The fourth-order valence-corrected chi connectivity index (χ4v) is 2.86. The Morgan fingerprint density at radius 2 is 2.09 bits per heavy atom. The first-order valence-electron chi connectivity index (χ1n) is 8.14. The molecule has 1 aliphatic rings. The third-order valence-corrected chi connectivity index (χ3v) is 4.31. The van der Waals surface area contributed by atoms with E-state index < -0.39 is 0 Å². The van der Waals surface area contributed by atoms with Gasteiger partial charge in [0.2, 0.25) is 5.91 Å². The molecule has 1 aromatic heterocycles. The minimum absolute atomic E-state index is 0.0206. The smallest absolute Gasteiger partial charge is 0.239 e. The van der Waals surface area contributed by atoms with Crippen LogP contribution in [0.2, 0.25) is 0 Å². The normalized spacial score (nSPS) is 19.5. The molecule has 0 saturated carbocycles. The van der Waals surface area contributed by atoms with Gasteiger partial charge in [0.15, 0.2) is 0 Å². The predicted molar refractivity (Wildman–Crippen MR) is 89.9 cm³/mol. The highest BCUT2D eigenvalue weighted by Gasteiger charge is 2.32. The lowest BCUT2D eigenvalue weighted by Crippen LogP contribution is -2.55. The molecule has 0 aromatic carbocycles. The number of hydrogen-bond acceptors (Lipinski definition) is 4. The molecule has 1 amide bonds. The van der Waals surface area contributed by atoms with Crippen LogP contribution in [-0.4, -0.2) is 61.0 Å². The number of carbonyl (C=O) groups is 1. The summed E-state index contributed by atoms with van der Waals surface area (Å²) in [6.45, 7) is 4.72. The van der Waals surface area contributed by atoms with Crippen molar-refractivity contribution in [2.45, 2.75) is 38.8 Å². The maximum absolute atomic E-state index is 12.4. The van der Waals surface area contributed by atoms with Gasteiger partial charge >= 0.3 is 0 Å². The summed E-state index contributed by atoms with van der Waals surface area (Å²) in [6.07, 6.45) is 5.09. The number of hydrogen-bond donors (Lipinski definition) is 0. The van der Waals surface area contributed by atoms with Crippen LogP contribution in [0.4, 0.5) is 5.82 Å². The Labute approximate surface area is 133 Å². The van der Waals surface area contributed by atoms with Crippen molar-refractivity contribution in [2.24, 2.45) is 0 Å². The average Bonchev–Trinajstić information content (AvgIpc) is 2.51. The summed E-state index contributed by atoms with van der Waals surface area (Å²) in [5.74, 6) is 1.22. The zero-order valence-electron chi connectivity index (χ0n) is 14.2. The number of anilines is 1. The molecule has 5 nitrogen and oxygen atoms in total. The highest BCUT2D eigenvalue weighted by molar-refractivity contribution is 5.82. The van der Waals surface area contributed by atoms with Gasteiger partial charge in [-0.1, -0.05) is 25.8 Å². The number of rotatable bonds is 6. The van der Waals surface area contributed by atoms with Gasteiger partial charge in [0.1, 0.15) is 5.82 Å². The van der Waals surface area contributed by atoms with E-state index in [0.29, 0.717) is 0 Å². The summed E-state index contributed by atoms with van der Waals surface area (Å²) >= 11 is 0. The van der Waals surface area contributed by atoms with E-state index in [0.717, 1.165) is 44.7 Å². The first-order chi connectivity index (χ1) is 10.5. The Hall–Kier alpha value is -1.62. The van der Waals surface area contributed by atoms with Crippen LogP contribution >= 0.6 is 0 Å². The van der Waals surface area contributed by atoms with Crippen molar-refractivity contribution < 1.29 is 4.79 Å². The van der Waals surface area contributed by atoms with Crippen LogP contribution in [0.5, 0.6) is 0 Å². The van der Waals surface area contributed by atoms with Crippen molar-refractivity contribution in [3.8, 4) is 0 Å². The molecule has 0 radical (unpaired) electrons. The number of carbonyl (C=O) groups excluding carboxylic acids is 1. The van der Waals surface area contributed by atoms with E-state index in [1.54, 1.807) is 0 Å². The second-order valence-electron chi connectivity index (χ2n) is 6.31. The maximum atomic E-state index is 12.4. The monoisotopic (exact) mass is 304 g/mol. The summed E-state index contributed by atoms with van der Waals surface area (Å²) in [7, 11) is 5.88. The minimum Gasteiger partial charge on any atom is -0.363 e. The zero-order valence-corrected chi connectivity index (χ0v) is 14.2.